The van der Waals surface area contributed by atoms with Crippen molar-refractivity contribution in [2.24, 2.45) is 0 Å². The van der Waals surface area contributed by atoms with Crippen molar-refractivity contribution in [2.75, 3.05) is 6.54 Å². The van der Waals surface area contributed by atoms with Crippen LogP contribution in [0.4, 0.5) is 0 Å². The van der Waals surface area contributed by atoms with Gasteiger partial charge in [0.05, 0.1) is 11.8 Å². The van der Waals surface area contributed by atoms with E-state index in [2.05, 4.69) is 30.2 Å². The Morgan fingerprint density at radius 3 is 3.00 bits per heavy atom. The van der Waals surface area contributed by atoms with Crippen molar-refractivity contribution in [3.05, 3.63) is 40.2 Å². The molecule has 0 saturated carbocycles. The van der Waals surface area contributed by atoms with E-state index in [1.54, 1.807) is 17.6 Å². The molecule has 0 amide bonds. The number of furan rings is 1. The van der Waals surface area contributed by atoms with E-state index >= 15 is 0 Å². The van der Waals surface area contributed by atoms with Crippen LogP contribution in [0.2, 0.25) is 0 Å². The maximum Gasteiger partial charge on any atom is 0.108 e. The molecule has 0 saturated heterocycles. The lowest BCUT2D eigenvalue weighted by Crippen LogP contribution is -2.24. The number of thiazole rings is 1. The van der Waals surface area contributed by atoms with Crippen LogP contribution in [0, 0.1) is 0 Å². The maximum absolute atomic E-state index is 5.54. The molecule has 1 N–H and O–H groups in total. The molecule has 18 heavy (non-hydrogen) atoms. The summed E-state index contributed by atoms with van der Waals surface area (Å²) in [6.45, 7) is 5.34. The highest BCUT2D eigenvalue weighted by Crippen LogP contribution is 2.25. The van der Waals surface area contributed by atoms with Gasteiger partial charge in [-0.1, -0.05) is 13.8 Å². The minimum absolute atomic E-state index is 0.332. The van der Waals surface area contributed by atoms with Gasteiger partial charge in [-0.25, -0.2) is 0 Å². The molecule has 0 aliphatic carbocycles. The van der Waals surface area contributed by atoms with Gasteiger partial charge in [0, 0.05) is 35.5 Å². The van der Waals surface area contributed by atoms with Crippen LogP contribution >= 0.6 is 11.3 Å². The first-order valence-electron chi connectivity index (χ1n) is 6.52. The quantitative estimate of drug-likeness (QED) is 0.830. The molecule has 0 bridgehead atoms. The topological polar surface area (TPSA) is 38.1 Å². The fourth-order valence-corrected chi connectivity index (χ4v) is 2.74. The summed E-state index contributed by atoms with van der Waals surface area (Å²) in [5, 5.41) is 3.60. The Labute approximate surface area is 112 Å². The highest BCUT2D eigenvalue weighted by Gasteiger charge is 2.17. The van der Waals surface area contributed by atoms with Gasteiger partial charge in [0.1, 0.15) is 5.76 Å². The van der Waals surface area contributed by atoms with E-state index in [9.17, 15) is 0 Å². The number of aromatic nitrogens is 1. The largest absolute Gasteiger partial charge is 0.469 e. The van der Waals surface area contributed by atoms with Crippen LogP contribution in [-0.4, -0.2) is 11.5 Å². The number of hydrogen-bond acceptors (Lipinski definition) is 4. The SMILES string of the molecule is CCCNC(Cc1cncs1)c1ccoc1CC. The second-order valence-electron chi connectivity index (χ2n) is 4.33. The average Bonchev–Trinajstić information content (AvgIpc) is 3.04. The van der Waals surface area contributed by atoms with Crippen molar-refractivity contribution in [1.29, 1.82) is 0 Å². The zero-order chi connectivity index (χ0) is 12.8. The molecule has 2 rings (SSSR count). The van der Waals surface area contributed by atoms with Gasteiger partial charge >= 0.3 is 0 Å². The zero-order valence-corrected chi connectivity index (χ0v) is 11.8. The van der Waals surface area contributed by atoms with Gasteiger partial charge in [0.2, 0.25) is 0 Å². The fourth-order valence-electron chi connectivity index (χ4n) is 2.10. The Balaban J connectivity index is 2.14. The molecule has 1 unspecified atom stereocenters. The molecule has 0 aliphatic rings. The molecule has 2 aromatic rings. The van der Waals surface area contributed by atoms with Gasteiger partial charge in [0.25, 0.3) is 0 Å². The van der Waals surface area contributed by atoms with E-state index < -0.39 is 0 Å². The molecule has 4 heteroatoms. The molecule has 0 aliphatic heterocycles. The lowest BCUT2D eigenvalue weighted by atomic mass is 10.0. The van der Waals surface area contributed by atoms with Crippen LogP contribution in [0.3, 0.4) is 0 Å². The van der Waals surface area contributed by atoms with E-state index in [0.29, 0.717) is 6.04 Å². The lowest BCUT2D eigenvalue weighted by Gasteiger charge is -2.17. The van der Waals surface area contributed by atoms with E-state index in [1.807, 2.05) is 11.7 Å². The Bertz CT molecular complexity index is 450. The predicted octanol–water partition coefficient (Wildman–Crippen LogP) is 3.58. The zero-order valence-electron chi connectivity index (χ0n) is 11.0. The molecule has 0 fully saturated rings. The van der Waals surface area contributed by atoms with Crippen LogP contribution in [0.25, 0.3) is 0 Å². The summed E-state index contributed by atoms with van der Waals surface area (Å²) >= 11 is 1.71. The van der Waals surface area contributed by atoms with Crippen LogP contribution in [0.15, 0.2) is 28.5 Å². The van der Waals surface area contributed by atoms with Gasteiger partial charge in [-0.2, -0.15) is 0 Å². The number of aryl methyl sites for hydroxylation is 1. The lowest BCUT2D eigenvalue weighted by molar-refractivity contribution is 0.482. The summed E-state index contributed by atoms with van der Waals surface area (Å²) in [7, 11) is 0. The second kappa shape index (κ2) is 6.71. The first-order valence-corrected chi connectivity index (χ1v) is 7.40. The molecule has 0 aromatic carbocycles. The van der Waals surface area contributed by atoms with Crippen LogP contribution in [0.1, 0.15) is 42.5 Å². The van der Waals surface area contributed by atoms with E-state index in [4.69, 9.17) is 4.42 Å². The third kappa shape index (κ3) is 3.21. The number of nitrogens with one attached hydrogen (secondary N) is 1. The molecule has 2 aromatic heterocycles. The van der Waals surface area contributed by atoms with E-state index in [1.165, 1.54) is 10.4 Å². The van der Waals surface area contributed by atoms with E-state index in [0.717, 1.165) is 31.6 Å². The van der Waals surface area contributed by atoms with Gasteiger partial charge in [0.15, 0.2) is 0 Å². The van der Waals surface area contributed by atoms with Crippen LogP contribution in [-0.2, 0) is 12.8 Å². The molecule has 3 nitrogen and oxygen atoms in total. The third-order valence-electron chi connectivity index (χ3n) is 3.01. The first-order chi connectivity index (χ1) is 8.85. The van der Waals surface area contributed by atoms with Crippen LogP contribution in [0.5, 0.6) is 0 Å². The van der Waals surface area contributed by atoms with Crippen LogP contribution < -0.4 is 5.32 Å². The fraction of sp³-hybridized carbons (Fsp3) is 0.500. The average molecular weight is 264 g/mol. The highest BCUT2D eigenvalue weighted by atomic mass is 32.1. The smallest absolute Gasteiger partial charge is 0.108 e. The molecule has 0 spiro atoms. The third-order valence-corrected chi connectivity index (χ3v) is 3.81. The molecular formula is C14H20N2OS. The maximum atomic E-state index is 5.54. The summed E-state index contributed by atoms with van der Waals surface area (Å²) in [5.41, 5.74) is 3.18. The minimum atomic E-state index is 0.332. The Hall–Kier alpha value is -1.13. The standard InChI is InChI=1S/C14H20N2OS/c1-3-6-16-13(8-11-9-15-10-18-11)12-5-7-17-14(12)4-2/h5,7,9-10,13,16H,3-4,6,8H2,1-2H3. The minimum Gasteiger partial charge on any atom is -0.469 e. The van der Waals surface area contributed by atoms with E-state index in [-0.39, 0.29) is 0 Å². The Morgan fingerprint density at radius 1 is 1.44 bits per heavy atom. The van der Waals surface area contributed by atoms with Gasteiger partial charge in [-0.15, -0.1) is 11.3 Å². The summed E-state index contributed by atoms with van der Waals surface area (Å²) in [4.78, 5) is 5.46. The molecule has 2 heterocycles. The normalized spacial score (nSPS) is 12.8. The molecule has 98 valence electrons. The van der Waals surface area contributed by atoms with Crippen molar-refractivity contribution in [2.45, 2.75) is 39.2 Å². The Kier molecular flexibility index (Phi) is 4.96. The summed E-state index contributed by atoms with van der Waals surface area (Å²) < 4.78 is 5.54. The van der Waals surface area contributed by atoms with Gasteiger partial charge in [-0.3, -0.25) is 4.98 Å². The summed E-state index contributed by atoms with van der Waals surface area (Å²) in [6, 6.07) is 2.42. The van der Waals surface area contributed by atoms with Crippen molar-refractivity contribution in [3.63, 3.8) is 0 Å². The summed E-state index contributed by atoms with van der Waals surface area (Å²) in [5.74, 6) is 1.09. The van der Waals surface area contributed by atoms with Crippen molar-refractivity contribution < 1.29 is 4.42 Å². The van der Waals surface area contributed by atoms with Crippen molar-refractivity contribution in [3.8, 4) is 0 Å². The van der Waals surface area contributed by atoms with Crippen molar-refractivity contribution in [1.82, 2.24) is 10.3 Å². The summed E-state index contributed by atoms with van der Waals surface area (Å²) in [6.07, 6.45) is 6.81. The van der Waals surface area contributed by atoms with Gasteiger partial charge < -0.3 is 9.73 Å². The highest BCUT2D eigenvalue weighted by molar-refractivity contribution is 7.09. The number of rotatable bonds is 7. The molecule has 0 radical (unpaired) electrons. The first kappa shape index (κ1) is 13.3. The van der Waals surface area contributed by atoms with Gasteiger partial charge in [-0.05, 0) is 19.0 Å². The number of hydrogen-bond donors (Lipinski definition) is 1. The number of nitrogens with zero attached hydrogens (tertiary/aromatic N) is 1. The second-order valence-corrected chi connectivity index (χ2v) is 5.30. The van der Waals surface area contributed by atoms with Crippen molar-refractivity contribution >= 4 is 11.3 Å². The predicted molar refractivity (Wildman–Crippen MR) is 74.9 cm³/mol. The monoisotopic (exact) mass is 264 g/mol. The Morgan fingerprint density at radius 2 is 2.33 bits per heavy atom. The molecular weight excluding hydrogens is 244 g/mol. The molecule has 1 atom stereocenters.